The molecule has 0 bridgehead atoms. The van der Waals surface area contributed by atoms with E-state index in [2.05, 4.69) is 0 Å². The summed E-state index contributed by atoms with van der Waals surface area (Å²) in [6.45, 7) is 0. The van der Waals surface area contributed by atoms with Gasteiger partial charge in [-0.3, -0.25) is 0 Å². The van der Waals surface area contributed by atoms with E-state index in [1.165, 1.54) is 0 Å². The summed E-state index contributed by atoms with van der Waals surface area (Å²) in [5.41, 5.74) is 0. The van der Waals surface area contributed by atoms with E-state index in [4.69, 9.17) is 15.3 Å². The fourth-order valence-corrected chi connectivity index (χ4v) is 0. The molecule has 0 aliphatic carbocycles. The van der Waals surface area contributed by atoms with Crippen LogP contribution >= 0.6 is 0 Å². The van der Waals surface area contributed by atoms with Crippen molar-refractivity contribution in [2.24, 2.45) is 0 Å². The van der Waals surface area contributed by atoms with Crippen molar-refractivity contribution in [3.63, 3.8) is 0 Å². The first-order valence-electron chi connectivity index (χ1n) is 1.03. The first-order valence-corrected chi connectivity index (χ1v) is 1.03. The summed E-state index contributed by atoms with van der Waals surface area (Å²) in [5, 5.41) is 22.5. The molecule has 0 atom stereocenters. The standard InChI is InChI=1S/CH2BNO2.Na/c3-1-2(4)5;/h4-5H;. The van der Waals surface area contributed by atoms with Gasteiger partial charge in [-0.1, -0.05) is 0 Å². The van der Waals surface area contributed by atoms with Crippen LogP contribution in [-0.2, 0) is 0 Å². The maximum Gasteiger partial charge on any atom is 0.573 e. The van der Waals surface area contributed by atoms with Crippen LogP contribution in [0.3, 0.4) is 0 Å². The SMILES string of the molecule is N#CB(O)O.[Na]. The molecule has 0 fully saturated rings. The minimum absolute atomic E-state index is 0. The molecular formula is CH2BNNaO2. The summed E-state index contributed by atoms with van der Waals surface area (Å²) in [7, 11) is -1.81. The third-order valence-electron chi connectivity index (χ3n) is 0.115. The molecule has 0 aliphatic heterocycles. The van der Waals surface area contributed by atoms with Gasteiger partial charge in [0.1, 0.15) is 0 Å². The zero-order valence-corrected chi connectivity index (χ0v) is 5.42. The Balaban J connectivity index is 0. The molecular weight excluding hydrogens is 91.8 g/mol. The van der Waals surface area contributed by atoms with Gasteiger partial charge >= 0.3 is 7.12 Å². The Bertz CT molecular complexity index is 59.1. The number of rotatable bonds is 0. The van der Waals surface area contributed by atoms with E-state index in [0.29, 0.717) is 0 Å². The molecule has 0 unspecified atom stereocenters. The van der Waals surface area contributed by atoms with Gasteiger partial charge in [0, 0.05) is 29.6 Å². The van der Waals surface area contributed by atoms with Crippen LogP contribution in [0, 0.1) is 11.2 Å². The molecule has 0 heterocycles. The molecule has 0 aromatic carbocycles. The molecule has 0 aromatic heterocycles. The van der Waals surface area contributed by atoms with Crippen molar-refractivity contribution in [2.75, 3.05) is 0 Å². The molecule has 5 heteroatoms. The Labute approximate surface area is 58.0 Å². The van der Waals surface area contributed by atoms with Crippen LogP contribution in [0.5, 0.6) is 0 Å². The molecule has 0 saturated heterocycles. The van der Waals surface area contributed by atoms with Gasteiger partial charge in [-0.15, -0.1) is 0 Å². The molecule has 0 spiro atoms. The van der Waals surface area contributed by atoms with Crippen LogP contribution in [0.25, 0.3) is 0 Å². The maximum atomic E-state index is 7.56. The second-order valence-corrected chi connectivity index (χ2v) is 0.503. The number of nitrogens with zero attached hydrogens (tertiary/aromatic N) is 1. The molecule has 6 heavy (non-hydrogen) atoms. The van der Waals surface area contributed by atoms with E-state index in [1.807, 2.05) is 0 Å². The molecule has 0 amide bonds. The topological polar surface area (TPSA) is 64.2 Å². The van der Waals surface area contributed by atoms with Gasteiger partial charge in [-0.05, 0) is 0 Å². The third kappa shape index (κ3) is 8.82. The van der Waals surface area contributed by atoms with Crippen molar-refractivity contribution in [3.05, 3.63) is 0 Å². The monoisotopic (exact) mass is 94.0 g/mol. The van der Waals surface area contributed by atoms with E-state index >= 15 is 0 Å². The van der Waals surface area contributed by atoms with Crippen LogP contribution in [0.2, 0.25) is 0 Å². The Kier molecular flexibility index (Phi) is 8.84. The van der Waals surface area contributed by atoms with E-state index in [0.717, 1.165) is 5.97 Å². The van der Waals surface area contributed by atoms with Gasteiger partial charge in [0.25, 0.3) is 0 Å². The van der Waals surface area contributed by atoms with Crippen molar-refractivity contribution >= 4 is 36.7 Å². The Hall–Kier alpha value is 0.475. The first kappa shape index (κ1) is 9.69. The zero-order chi connectivity index (χ0) is 4.28. The van der Waals surface area contributed by atoms with Crippen LogP contribution in [0.15, 0.2) is 0 Å². The van der Waals surface area contributed by atoms with Crippen LogP contribution in [0.4, 0.5) is 0 Å². The van der Waals surface area contributed by atoms with E-state index < -0.39 is 7.12 Å². The van der Waals surface area contributed by atoms with Crippen molar-refractivity contribution in [3.8, 4) is 5.97 Å². The van der Waals surface area contributed by atoms with Gasteiger partial charge in [0.05, 0.1) is 5.97 Å². The van der Waals surface area contributed by atoms with Crippen LogP contribution < -0.4 is 0 Å². The summed E-state index contributed by atoms with van der Waals surface area (Å²) >= 11 is 0. The Morgan fingerprint density at radius 2 is 1.67 bits per heavy atom. The second-order valence-electron chi connectivity index (χ2n) is 0.503. The van der Waals surface area contributed by atoms with E-state index in [9.17, 15) is 0 Å². The zero-order valence-electron chi connectivity index (χ0n) is 3.42. The molecule has 1 radical (unpaired) electrons. The normalized spacial score (nSPS) is 4.83. The van der Waals surface area contributed by atoms with Gasteiger partial charge in [0.15, 0.2) is 0 Å². The first-order chi connectivity index (χ1) is 2.27. The average molecular weight is 93.8 g/mol. The van der Waals surface area contributed by atoms with Crippen LogP contribution in [0.1, 0.15) is 0 Å². The van der Waals surface area contributed by atoms with Crippen molar-refractivity contribution < 1.29 is 10.0 Å². The number of nitriles is 1. The molecule has 0 aliphatic rings. The molecule has 0 rings (SSSR count). The minimum atomic E-state index is -1.81. The number of hydrogen-bond acceptors (Lipinski definition) is 3. The van der Waals surface area contributed by atoms with Gasteiger partial charge in [-0.2, -0.15) is 0 Å². The predicted molar refractivity (Wildman–Crippen MR) is 21.6 cm³/mol. The second kappa shape index (κ2) is 5.47. The summed E-state index contributed by atoms with van der Waals surface area (Å²) in [6, 6.07) is 0. The Morgan fingerprint density at radius 1 is 1.50 bits per heavy atom. The van der Waals surface area contributed by atoms with E-state index in [1.54, 1.807) is 0 Å². The average Bonchev–Trinajstić information content (AvgIpc) is 1.38. The molecule has 3 nitrogen and oxygen atoms in total. The smallest absolute Gasteiger partial charge is 0.415 e. The molecule has 27 valence electrons. The quantitative estimate of drug-likeness (QED) is 0.346. The van der Waals surface area contributed by atoms with Crippen molar-refractivity contribution in [2.45, 2.75) is 0 Å². The fourth-order valence-electron chi connectivity index (χ4n) is 0. The maximum absolute atomic E-state index is 7.56. The summed E-state index contributed by atoms with van der Waals surface area (Å²) in [5.74, 6) is 1.14. The molecule has 0 saturated carbocycles. The largest absolute Gasteiger partial charge is 0.573 e. The molecule has 2 N–H and O–H groups in total. The summed E-state index contributed by atoms with van der Waals surface area (Å²) in [4.78, 5) is 0. The third-order valence-corrected chi connectivity index (χ3v) is 0.115. The summed E-state index contributed by atoms with van der Waals surface area (Å²) < 4.78 is 0. The molecule has 0 aromatic rings. The van der Waals surface area contributed by atoms with Crippen molar-refractivity contribution in [1.29, 1.82) is 5.26 Å². The fraction of sp³-hybridized carbons (Fsp3) is 0. The van der Waals surface area contributed by atoms with E-state index in [-0.39, 0.29) is 29.6 Å². The van der Waals surface area contributed by atoms with Gasteiger partial charge < -0.3 is 10.0 Å². The Morgan fingerprint density at radius 3 is 1.67 bits per heavy atom. The van der Waals surface area contributed by atoms with Crippen LogP contribution in [-0.4, -0.2) is 46.7 Å². The van der Waals surface area contributed by atoms with Gasteiger partial charge in [0.2, 0.25) is 0 Å². The number of hydrogen-bond donors (Lipinski definition) is 2. The minimum Gasteiger partial charge on any atom is -0.415 e. The predicted octanol–water partition coefficient (Wildman–Crippen LogP) is -1.86. The van der Waals surface area contributed by atoms with Crippen molar-refractivity contribution in [1.82, 2.24) is 0 Å². The summed E-state index contributed by atoms with van der Waals surface area (Å²) in [6.07, 6.45) is 0. The van der Waals surface area contributed by atoms with Gasteiger partial charge in [-0.25, -0.2) is 5.26 Å².